The van der Waals surface area contributed by atoms with Gasteiger partial charge in [0.15, 0.2) is 24.1 Å². The number of aromatic hydroxyl groups is 1. The molecule has 8 N–H and O–H groups in total. The number of phenolic OH excluding ortho intramolecular Hbond substituents is 1. The Morgan fingerprint density at radius 1 is 0.938 bits per heavy atom. The molecule has 4 heterocycles. The summed E-state index contributed by atoms with van der Waals surface area (Å²) in [6.45, 7) is 0.486. The Hall–Kier alpha value is -2.91. The molecule has 1 aromatic carbocycles. The molecule has 266 valence electrons. The fourth-order valence-electron chi connectivity index (χ4n) is 6.76. The molecule has 16 atom stereocenters. The molecule has 17 heteroatoms. The Bertz CT molecular complexity index is 1370. The van der Waals surface area contributed by atoms with Crippen LogP contribution >= 0.6 is 0 Å². The van der Waals surface area contributed by atoms with E-state index in [1.54, 1.807) is 12.1 Å². The van der Waals surface area contributed by atoms with Crippen molar-refractivity contribution in [3.8, 4) is 11.5 Å². The molecule has 0 spiro atoms. The largest absolute Gasteiger partial charge is 0.504 e. The Kier molecular flexibility index (Phi) is 10.0. The maximum atomic E-state index is 12.9. The molecule has 1 aromatic rings. The Labute approximate surface area is 274 Å². The van der Waals surface area contributed by atoms with E-state index >= 15 is 0 Å². The van der Waals surface area contributed by atoms with Gasteiger partial charge in [0, 0.05) is 12.0 Å². The number of aliphatic hydroxyl groups is 7. The Morgan fingerprint density at radius 2 is 1.65 bits per heavy atom. The monoisotopic (exact) mass is 684 g/mol. The standard InChI is InChI=1S/C31H40O17/c1-12-20(35)22(37)24(39)29(44-12)46-26-14-7-8-42-28(47-30-25(40)23(38)21(36)17(10-32)45-30)19(14)31(27(26)48-31)11-43-18(34)6-4-13-3-5-15(33)16(9-13)41-2/h3-9,12,14,17,19-30,32-33,35-40H,10-11H2,1-2H3/t12?,14?,17?,19?,20?,21?,22?,23?,24?,25?,26-,27-,28-,29?,30?,31+/m0/s1. The smallest absolute Gasteiger partial charge is 0.330 e. The highest BCUT2D eigenvalue weighted by Gasteiger charge is 2.77. The van der Waals surface area contributed by atoms with Gasteiger partial charge in [0.2, 0.25) is 6.29 Å². The molecule has 0 aromatic heterocycles. The lowest BCUT2D eigenvalue weighted by Gasteiger charge is -2.44. The molecule has 3 saturated heterocycles. The van der Waals surface area contributed by atoms with Crippen LogP contribution in [-0.4, -0.2) is 153 Å². The van der Waals surface area contributed by atoms with Gasteiger partial charge in [-0.1, -0.05) is 6.07 Å². The van der Waals surface area contributed by atoms with E-state index < -0.39 is 110 Å². The molecule has 4 aliphatic heterocycles. The van der Waals surface area contributed by atoms with Crippen LogP contribution in [0.1, 0.15) is 12.5 Å². The minimum absolute atomic E-state index is 0.0728. The van der Waals surface area contributed by atoms with E-state index in [1.165, 1.54) is 44.6 Å². The number of carbonyl (C=O) groups excluding carboxylic acids is 1. The van der Waals surface area contributed by atoms with E-state index in [0.717, 1.165) is 0 Å². The Balaban J connectivity index is 1.22. The molecular formula is C31H40O17. The van der Waals surface area contributed by atoms with E-state index in [-0.39, 0.29) is 18.1 Å². The maximum Gasteiger partial charge on any atom is 0.330 e. The third-order valence-electron chi connectivity index (χ3n) is 9.51. The summed E-state index contributed by atoms with van der Waals surface area (Å²) in [5, 5.41) is 81.7. The minimum atomic E-state index is -1.74. The van der Waals surface area contributed by atoms with E-state index in [2.05, 4.69) is 0 Å². The van der Waals surface area contributed by atoms with E-state index in [1.807, 2.05) is 0 Å². The van der Waals surface area contributed by atoms with Crippen molar-refractivity contribution in [3.63, 3.8) is 0 Å². The molecule has 1 saturated carbocycles. The summed E-state index contributed by atoms with van der Waals surface area (Å²) >= 11 is 0. The van der Waals surface area contributed by atoms with Crippen molar-refractivity contribution in [1.29, 1.82) is 0 Å². The lowest BCUT2D eigenvalue weighted by molar-refractivity contribution is -0.347. The van der Waals surface area contributed by atoms with Gasteiger partial charge in [-0.3, -0.25) is 0 Å². The molecule has 4 fully saturated rings. The Morgan fingerprint density at radius 3 is 2.35 bits per heavy atom. The first kappa shape index (κ1) is 34.9. The quantitative estimate of drug-likeness (QED) is 0.0705. The number of methoxy groups -OCH3 is 1. The van der Waals surface area contributed by atoms with Crippen LogP contribution in [0.15, 0.2) is 36.6 Å². The highest BCUT2D eigenvalue weighted by molar-refractivity contribution is 5.87. The number of fused-ring (bicyclic) bond motifs is 3. The molecule has 0 radical (unpaired) electrons. The third-order valence-corrected chi connectivity index (χ3v) is 9.51. The molecule has 17 nitrogen and oxygen atoms in total. The second kappa shape index (κ2) is 13.8. The van der Waals surface area contributed by atoms with Crippen LogP contribution in [0.5, 0.6) is 11.5 Å². The zero-order chi connectivity index (χ0) is 34.5. The van der Waals surface area contributed by atoms with Gasteiger partial charge in [-0.15, -0.1) is 0 Å². The number of hydrogen-bond donors (Lipinski definition) is 8. The first-order chi connectivity index (χ1) is 22.9. The number of ether oxygens (including phenoxy) is 8. The van der Waals surface area contributed by atoms with Crippen molar-refractivity contribution in [1.82, 2.24) is 0 Å². The van der Waals surface area contributed by atoms with Crippen LogP contribution in [0, 0.1) is 11.8 Å². The third kappa shape index (κ3) is 6.30. The number of benzene rings is 1. The van der Waals surface area contributed by atoms with Crippen molar-refractivity contribution < 1.29 is 83.5 Å². The van der Waals surface area contributed by atoms with Crippen LogP contribution in [0.3, 0.4) is 0 Å². The first-order valence-corrected chi connectivity index (χ1v) is 15.4. The topological polar surface area (TPSA) is 256 Å². The van der Waals surface area contributed by atoms with E-state index in [0.29, 0.717) is 5.56 Å². The first-order valence-electron chi connectivity index (χ1n) is 15.4. The van der Waals surface area contributed by atoms with Gasteiger partial charge in [0.05, 0.1) is 38.1 Å². The summed E-state index contributed by atoms with van der Waals surface area (Å²) in [5.41, 5.74) is -0.755. The fraction of sp³-hybridized carbons (Fsp3) is 0.645. The number of carbonyl (C=O) groups is 1. The molecule has 6 rings (SSSR count). The molecule has 0 bridgehead atoms. The van der Waals surface area contributed by atoms with Crippen LogP contribution in [-0.2, 0) is 38.0 Å². The van der Waals surface area contributed by atoms with Gasteiger partial charge in [-0.2, -0.15) is 0 Å². The van der Waals surface area contributed by atoms with Crippen molar-refractivity contribution in [2.24, 2.45) is 11.8 Å². The number of rotatable bonds is 10. The highest BCUT2D eigenvalue weighted by atomic mass is 16.8. The molecule has 5 aliphatic rings. The second-order valence-electron chi connectivity index (χ2n) is 12.4. The summed E-state index contributed by atoms with van der Waals surface area (Å²) in [6.07, 6.45) is -12.1. The SMILES string of the molecule is COc1cc(C=CC(=O)OC[C@]23O[C@H]2[C@@H](OC2OC(C)C(O)C(O)C2O)C2C=CO[C@@H](OC4OC(CO)C(O)C(O)C4O)C23)ccc1O. The summed E-state index contributed by atoms with van der Waals surface area (Å²) < 4.78 is 45.9. The highest BCUT2D eigenvalue weighted by Crippen LogP contribution is 2.61. The predicted octanol–water partition coefficient (Wildman–Crippen LogP) is -2.76. The lowest BCUT2D eigenvalue weighted by atomic mass is 9.85. The lowest BCUT2D eigenvalue weighted by Crippen LogP contribution is -2.60. The van der Waals surface area contributed by atoms with Gasteiger partial charge in [-0.05, 0) is 36.8 Å². The molecule has 1 aliphatic carbocycles. The number of esters is 1. The van der Waals surface area contributed by atoms with Gasteiger partial charge in [-0.25, -0.2) is 4.79 Å². The normalized spacial score (nSPS) is 44.9. The molecular weight excluding hydrogens is 644 g/mol. The fourth-order valence-corrected chi connectivity index (χ4v) is 6.76. The molecule has 12 unspecified atom stereocenters. The van der Waals surface area contributed by atoms with Crippen molar-refractivity contribution in [3.05, 3.63) is 42.2 Å². The van der Waals surface area contributed by atoms with Gasteiger partial charge in [0.1, 0.15) is 61.0 Å². The summed E-state index contributed by atoms with van der Waals surface area (Å²) in [5.74, 6) is -2.04. The number of phenols is 1. The summed E-state index contributed by atoms with van der Waals surface area (Å²) in [6, 6.07) is 4.49. The zero-order valence-corrected chi connectivity index (χ0v) is 25.9. The average Bonchev–Trinajstić information content (AvgIpc) is 3.75. The number of hydrogen-bond acceptors (Lipinski definition) is 17. The number of epoxide rings is 1. The number of aliphatic hydroxyl groups excluding tert-OH is 7. The van der Waals surface area contributed by atoms with Crippen LogP contribution in [0.2, 0.25) is 0 Å². The maximum absolute atomic E-state index is 12.9. The molecule has 48 heavy (non-hydrogen) atoms. The van der Waals surface area contributed by atoms with Crippen molar-refractivity contribution >= 4 is 12.0 Å². The summed E-state index contributed by atoms with van der Waals surface area (Å²) in [4.78, 5) is 12.9. The van der Waals surface area contributed by atoms with Crippen LogP contribution in [0.25, 0.3) is 6.08 Å². The average molecular weight is 685 g/mol. The van der Waals surface area contributed by atoms with Crippen LogP contribution < -0.4 is 4.74 Å². The minimum Gasteiger partial charge on any atom is -0.504 e. The van der Waals surface area contributed by atoms with Gasteiger partial charge >= 0.3 is 5.97 Å². The van der Waals surface area contributed by atoms with Crippen molar-refractivity contribution in [2.75, 3.05) is 20.3 Å². The zero-order valence-electron chi connectivity index (χ0n) is 25.9. The van der Waals surface area contributed by atoms with E-state index in [9.17, 15) is 45.6 Å². The van der Waals surface area contributed by atoms with Crippen LogP contribution in [0.4, 0.5) is 0 Å². The predicted molar refractivity (Wildman–Crippen MR) is 155 cm³/mol. The second-order valence-corrected chi connectivity index (χ2v) is 12.4. The molecule has 0 amide bonds. The van der Waals surface area contributed by atoms with Gasteiger partial charge in [0.25, 0.3) is 0 Å². The summed E-state index contributed by atoms with van der Waals surface area (Å²) in [7, 11) is 1.39. The van der Waals surface area contributed by atoms with E-state index in [4.69, 9.17) is 37.9 Å². The van der Waals surface area contributed by atoms with Gasteiger partial charge < -0.3 is 78.7 Å². The van der Waals surface area contributed by atoms with Crippen molar-refractivity contribution in [2.45, 2.75) is 92.4 Å².